The van der Waals surface area contributed by atoms with Gasteiger partial charge in [0.05, 0.1) is 0 Å². The van der Waals surface area contributed by atoms with Crippen molar-refractivity contribution in [3.63, 3.8) is 0 Å². The Kier molecular flexibility index (Phi) is 12.2. The summed E-state index contributed by atoms with van der Waals surface area (Å²) in [5.41, 5.74) is 5.48. The van der Waals surface area contributed by atoms with E-state index in [9.17, 15) is 0 Å². The van der Waals surface area contributed by atoms with Crippen LogP contribution in [0.1, 0.15) is 27.2 Å². The molecule has 0 aromatic heterocycles. The van der Waals surface area contributed by atoms with Crippen molar-refractivity contribution in [3.8, 4) is 0 Å². The van der Waals surface area contributed by atoms with E-state index in [4.69, 9.17) is 19.0 Å². The van der Waals surface area contributed by atoms with Crippen LogP contribution in [0.2, 0.25) is 6.04 Å². The third-order valence-corrected chi connectivity index (χ3v) is 4.93. The van der Waals surface area contributed by atoms with E-state index in [1.54, 1.807) is 0 Å². The molecule has 0 radical (unpaired) electrons. The van der Waals surface area contributed by atoms with Gasteiger partial charge in [-0.2, -0.15) is 0 Å². The van der Waals surface area contributed by atoms with E-state index >= 15 is 0 Å². The van der Waals surface area contributed by atoms with Crippen molar-refractivity contribution in [1.29, 1.82) is 0 Å². The first-order valence-electron chi connectivity index (χ1n) is 5.36. The standard InChI is InChI=1S/C9H23NO3Si.H2O/c1-4-11-14(12-5-2,13-6-3)9-7-8-10;/h4-10H2,1-3H3;1H2. The van der Waals surface area contributed by atoms with Crippen LogP contribution < -0.4 is 5.73 Å². The fourth-order valence-corrected chi connectivity index (χ4v) is 3.96. The lowest BCUT2D eigenvalue weighted by atomic mass is 10.5. The minimum absolute atomic E-state index is 0. The van der Waals surface area contributed by atoms with Crippen LogP contribution in [0.25, 0.3) is 0 Å². The molecule has 0 fully saturated rings. The van der Waals surface area contributed by atoms with Crippen LogP contribution in [-0.2, 0) is 13.3 Å². The van der Waals surface area contributed by atoms with E-state index < -0.39 is 8.80 Å². The normalized spacial score (nSPS) is 11.2. The fourth-order valence-electron chi connectivity index (χ4n) is 1.32. The number of nitrogens with two attached hydrogens (primary N) is 1. The monoisotopic (exact) mass is 239 g/mol. The van der Waals surface area contributed by atoms with Gasteiger partial charge in [-0.3, -0.25) is 0 Å². The Labute approximate surface area is 93.6 Å². The van der Waals surface area contributed by atoms with E-state index in [-0.39, 0.29) is 5.48 Å². The van der Waals surface area contributed by atoms with E-state index in [0.717, 1.165) is 12.5 Å². The molecule has 0 saturated carbocycles. The van der Waals surface area contributed by atoms with Crippen molar-refractivity contribution >= 4 is 8.80 Å². The number of rotatable bonds is 9. The molecule has 94 valence electrons. The molecule has 0 heterocycles. The van der Waals surface area contributed by atoms with Gasteiger partial charge in [0.25, 0.3) is 0 Å². The Hall–Kier alpha value is 0.0169. The Bertz CT molecular complexity index is 120. The molecule has 0 spiro atoms. The highest BCUT2D eigenvalue weighted by Gasteiger charge is 2.39. The lowest BCUT2D eigenvalue weighted by Gasteiger charge is -2.28. The highest BCUT2D eigenvalue weighted by atomic mass is 28.4. The van der Waals surface area contributed by atoms with Gasteiger partial charge in [-0.15, -0.1) is 0 Å². The Morgan fingerprint density at radius 3 is 1.60 bits per heavy atom. The Morgan fingerprint density at radius 1 is 0.933 bits per heavy atom. The maximum Gasteiger partial charge on any atom is 0.500 e. The number of hydrogen-bond donors (Lipinski definition) is 1. The molecule has 0 aliphatic rings. The molecule has 0 aliphatic heterocycles. The van der Waals surface area contributed by atoms with Gasteiger partial charge in [-0.1, -0.05) is 0 Å². The molecule has 0 unspecified atom stereocenters. The predicted octanol–water partition coefficient (Wildman–Crippen LogP) is 0.559. The quantitative estimate of drug-likeness (QED) is 0.596. The molecule has 6 heteroatoms. The van der Waals surface area contributed by atoms with Crippen LogP contribution in [0, 0.1) is 0 Å². The first kappa shape index (κ1) is 17.4. The average molecular weight is 239 g/mol. The minimum Gasteiger partial charge on any atom is -0.412 e. The zero-order valence-corrected chi connectivity index (χ0v) is 11.0. The molecule has 4 N–H and O–H groups in total. The lowest BCUT2D eigenvalue weighted by molar-refractivity contribution is 0.0710. The summed E-state index contributed by atoms with van der Waals surface area (Å²) in [5.74, 6) is 0. The number of hydrogen-bond acceptors (Lipinski definition) is 4. The maximum absolute atomic E-state index is 5.65. The summed E-state index contributed by atoms with van der Waals surface area (Å²) in [6, 6.07) is 0.818. The van der Waals surface area contributed by atoms with Crippen molar-refractivity contribution in [3.05, 3.63) is 0 Å². The van der Waals surface area contributed by atoms with Crippen molar-refractivity contribution in [1.82, 2.24) is 0 Å². The van der Waals surface area contributed by atoms with E-state index in [1.165, 1.54) is 0 Å². The molecule has 0 atom stereocenters. The summed E-state index contributed by atoms with van der Waals surface area (Å²) in [6.07, 6.45) is 0.895. The van der Waals surface area contributed by atoms with Crippen molar-refractivity contribution in [2.75, 3.05) is 26.4 Å². The zero-order chi connectivity index (χ0) is 10.9. The highest BCUT2D eigenvalue weighted by molar-refractivity contribution is 6.60. The summed E-state index contributed by atoms with van der Waals surface area (Å²) < 4.78 is 17.0. The smallest absolute Gasteiger partial charge is 0.412 e. The van der Waals surface area contributed by atoms with Crippen LogP contribution in [0.15, 0.2) is 0 Å². The minimum atomic E-state index is -2.40. The molecule has 15 heavy (non-hydrogen) atoms. The molecule has 0 rings (SSSR count). The Balaban J connectivity index is 0. The van der Waals surface area contributed by atoms with Crippen LogP contribution in [0.4, 0.5) is 0 Å². The van der Waals surface area contributed by atoms with E-state index in [1.807, 2.05) is 20.8 Å². The molecule has 0 bridgehead atoms. The van der Waals surface area contributed by atoms with Crippen LogP contribution in [0.3, 0.4) is 0 Å². The molecule has 0 aromatic rings. The molecule has 0 aliphatic carbocycles. The van der Waals surface area contributed by atoms with Gasteiger partial charge in [-0.05, 0) is 33.7 Å². The topological polar surface area (TPSA) is 85.2 Å². The largest absolute Gasteiger partial charge is 0.500 e. The molecule has 0 aromatic carbocycles. The van der Waals surface area contributed by atoms with E-state index in [0.29, 0.717) is 26.4 Å². The third kappa shape index (κ3) is 6.99. The second-order valence-corrected chi connectivity index (χ2v) is 5.61. The highest BCUT2D eigenvalue weighted by Crippen LogP contribution is 2.17. The second kappa shape index (κ2) is 10.5. The molecular formula is C9H25NO4Si. The fraction of sp³-hybridized carbons (Fsp3) is 1.00. The third-order valence-electron chi connectivity index (χ3n) is 1.78. The van der Waals surface area contributed by atoms with Crippen LogP contribution >= 0.6 is 0 Å². The van der Waals surface area contributed by atoms with E-state index in [2.05, 4.69) is 0 Å². The molecule has 0 amide bonds. The van der Waals surface area contributed by atoms with Gasteiger partial charge in [0, 0.05) is 25.9 Å². The second-order valence-electron chi connectivity index (χ2n) is 2.87. The van der Waals surface area contributed by atoms with Crippen molar-refractivity contribution in [2.45, 2.75) is 33.2 Å². The summed E-state index contributed by atoms with van der Waals surface area (Å²) in [7, 11) is -2.40. The van der Waals surface area contributed by atoms with Gasteiger partial charge >= 0.3 is 8.80 Å². The summed E-state index contributed by atoms with van der Waals surface area (Å²) in [4.78, 5) is 0. The predicted molar refractivity (Wildman–Crippen MR) is 62.7 cm³/mol. The van der Waals surface area contributed by atoms with Crippen LogP contribution in [-0.4, -0.2) is 40.6 Å². The van der Waals surface area contributed by atoms with Crippen molar-refractivity contribution in [2.24, 2.45) is 5.73 Å². The Morgan fingerprint density at radius 2 is 1.33 bits per heavy atom. The van der Waals surface area contributed by atoms with Gasteiger partial charge in [0.15, 0.2) is 0 Å². The molecule has 0 saturated heterocycles. The summed E-state index contributed by atoms with van der Waals surface area (Å²) >= 11 is 0. The summed E-state index contributed by atoms with van der Waals surface area (Å²) in [6.45, 7) is 8.44. The van der Waals surface area contributed by atoms with Gasteiger partial charge < -0.3 is 24.5 Å². The zero-order valence-electron chi connectivity index (χ0n) is 10.0. The molecule has 5 nitrogen and oxygen atoms in total. The maximum atomic E-state index is 5.65. The molecular weight excluding hydrogens is 214 g/mol. The average Bonchev–Trinajstić information content (AvgIpc) is 2.16. The van der Waals surface area contributed by atoms with Crippen LogP contribution in [0.5, 0.6) is 0 Å². The first-order chi connectivity index (χ1) is 6.74. The lowest BCUT2D eigenvalue weighted by Crippen LogP contribution is -2.46. The first-order valence-corrected chi connectivity index (χ1v) is 7.29. The van der Waals surface area contributed by atoms with Crippen molar-refractivity contribution < 1.29 is 18.8 Å². The van der Waals surface area contributed by atoms with Gasteiger partial charge in [0.2, 0.25) is 0 Å². The summed E-state index contributed by atoms with van der Waals surface area (Å²) in [5, 5.41) is 0. The SMILES string of the molecule is CCO[Si](CCCN)(OCC)OCC.O. The van der Waals surface area contributed by atoms with Gasteiger partial charge in [0.1, 0.15) is 0 Å². The van der Waals surface area contributed by atoms with Gasteiger partial charge in [-0.25, -0.2) is 0 Å².